The first-order chi connectivity index (χ1) is 8.78. The second-order valence-corrected chi connectivity index (χ2v) is 4.07. The molecule has 1 aromatic heterocycles. The van der Waals surface area contributed by atoms with Crippen LogP contribution in [-0.2, 0) is 13.5 Å². The predicted octanol–water partition coefficient (Wildman–Crippen LogP) is 1.88. The van der Waals surface area contributed by atoms with E-state index in [1.54, 1.807) is 0 Å². The van der Waals surface area contributed by atoms with Crippen LogP contribution in [0.25, 0.3) is 11.4 Å². The van der Waals surface area contributed by atoms with E-state index in [0.29, 0.717) is 6.42 Å². The smallest absolute Gasteiger partial charge is 0.231 e. The molecule has 0 atom stereocenters. The van der Waals surface area contributed by atoms with E-state index >= 15 is 0 Å². The van der Waals surface area contributed by atoms with Gasteiger partial charge in [0.15, 0.2) is 11.5 Å². The summed E-state index contributed by atoms with van der Waals surface area (Å²) in [6, 6.07) is 7.81. The van der Waals surface area contributed by atoms with E-state index in [1.807, 2.05) is 36.0 Å². The highest BCUT2D eigenvalue weighted by Crippen LogP contribution is 2.35. The van der Waals surface area contributed by atoms with E-state index in [2.05, 4.69) is 11.1 Å². The van der Waals surface area contributed by atoms with Crippen molar-refractivity contribution < 1.29 is 9.47 Å². The minimum Gasteiger partial charge on any atom is -0.454 e. The molecule has 90 valence electrons. The van der Waals surface area contributed by atoms with Gasteiger partial charge in [0.05, 0.1) is 18.2 Å². The Bertz CT molecular complexity index is 640. The third kappa shape index (κ3) is 1.68. The van der Waals surface area contributed by atoms with Crippen LogP contribution in [0.1, 0.15) is 5.69 Å². The largest absolute Gasteiger partial charge is 0.454 e. The maximum Gasteiger partial charge on any atom is 0.231 e. The van der Waals surface area contributed by atoms with Crippen LogP contribution in [0.2, 0.25) is 0 Å². The fourth-order valence-electron chi connectivity index (χ4n) is 2.00. The Hall–Kier alpha value is -2.48. The molecule has 0 spiro atoms. The van der Waals surface area contributed by atoms with E-state index in [0.717, 1.165) is 28.6 Å². The van der Waals surface area contributed by atoms with Crippen LogP contribution in [0, 0.1) is 11.3 Å². The Morgan fingerprint density at radius 2 is 2.22 bits per heavy atom. The molecule has 0 bridgehead atoms. The summed E-state index contributed by atoms with van der Waals surface area (Å²) in [5.74, 6) is 2.31. The van der Waals surface area contributed by atoms with Gasteiger partial charge in [0.25, 0.3) is 0 Å². The number of rotatable bonds is 2. The molecule has 5 nitrogen and oxygen atoms in total. The van der Waals surface area contributed by atoms with Crippen LogP contribution in [-0.4, -0.2) is 16.3 Å². The van der Waals surface area contributed by atoms with Gasteiger partial charge in [-0.05, 0) is 18.2 Å². The molecular formula is C13H11N3O2. The highest BCUT2D eigenvalue weighted by molar-refractivity contribution is 5.62. The molecule has 1 aromatic carbocycles. The van der Waals surface area contributed by atoms with Crippen LogP contribution in [0.5, 0.6) is 11.5 Å². The number of benzene rings is 1. The summed E-state index contributed by atoms with van der Waals surface area (Å²) in [7, 11) is 1.91. The van der Waals surface area contributed by atoms with Crippen molar-refractivity contribution in [1.82, 2.24) is 9.55 Å². The normalized spacial score (nSPS) is 12.4. The zero-order valence-electron chi connectivity index (χ0n) is 9.88. The monoisotopic (exact) mass is 241 g/mol. The average Bonchev–Trinajstić information content (AvgIpc) is 2.95. The Kier molecular flexibility index (Phi) is 2.41. The zero-order chi connectivity index (χ0) is 12.5. The molecule has 2 aromatic rings. The first kappa shape index (κ1) is 10.7. The second kappa shape index (κ2) is 4.08. The number of fused-ring (bicyclic) bond motifs is 1. The Morgan fingerprint density at radius 1 is 1.39 bits per heavy atom. The van der Waals surface area contributed by atoms with Gasteiger partial charge >= 0.3 is 0 Å². The highest BCUT2D eigenvalue weighted by atomic mass is 16.7. The summed E-state index contributed by atoms with van der Waals surface area (Å²) >= 11 is 0. The van der Waals surface area contributed by atoms with Crippen LogP contribution in [0.4, 0.5) is 0 Å². The van der Waals surface area contributed by atoms with Crippen molar-refractivity contribution in [3.05, 3.63) is 30.1 Å². The van der Waals surface area contributed by atoms with Gasteiger partial charge in [-0.1, -0.05) is 0 Å². The number of aromatic nitrogens is 2. The Labute approximate surface area is 104 Å². The molecule has 5 heteroatoms. The number of aryl methyl sites for hydroxylation is 1. The van der Waals surface area contributed by atoms with Gasteiger partial charge in [0.2, 0.25) is 6.79 Å². The van der Waals surface area contributed by atoms with Gasteiger partial charge < -0.3 is 14.0 Å². The fourth-order valence-corrected chi connectivity index (χ4v) is 2.00. The number of nitrogens with zero attached hydrogens (tertiary/aromatic N) is 3. The number of nitriles is 1. The second-order valence-electron chi connectivity index (χ2n) is 4.07. The SMILES string of the molecule is Cn1cc(CC#N)nc1-c1ccc2c(c1)OCO2. The summed E-state index contributed by atoms with van der Waals surface area (Å²) in [6.45, 7) is 0.263. The van der Waals surface area contributed by atoms with Gasteiger partial charge in [-0.3, -0.25) is 0 Å². The summed E-state index contributed by atoms with van der Waals surface area (Å²) in [5.41, 5.74) is 1.72. The van der Waals surface area contributed by atoms with Gasteiger partial charge in [-0.15, -0.1) is 0 Å². The van der Waals surface area contributed by atoms with Crippen LogP contribution >= 0.6 is 0 Å². The molecule has 0 fully saturated rings. The third-order valence-electron chi connectivity index (χ3n) is 2.82. The molecule has 0 unspecified atom stereocenters. The Balaban J connectivity index is 2.02. The van der Waals surface area contributed by atoms with Gasteiger partial charge in [-0.25, -0.2) is 4.98 Å². The lowest BCUT2D eigenvalue weighted by Crippen LogP contribution is -1.93. The molecule has 1 aliphatic heterocycles. The molecule has 2 heterocycles. The summed E-state index contributed by atoms with van der Waals surface area (Å²) in [6.07, 6.45) is 2.18. The summed E-state index contributed by atoms with van der Waals surface area (Å²) in [4.78, 5) is 4.44. The Morgan fingerprint density at radius 3 is 3.06 bits per heavy atom. The van der Waals surface area contributed by atoms with E-state index in [9.17, 15) is 0 Å². The quantitative estimate of drug-likeness (QED) is 0.805. The maximum atomic E-state index is 8.68. The fraction of sp³-hybridized carbons (Fsp3) is 0.231. The van der Waals surface area contributed by atoms with Crippen molar-refractivity contribution in [2.24, 2.45) is 7.05 Å². The van der Waals surface area contributed by atoms with Gasteiger partial charge in [0.1, 0.15) is 5.82 Å². The molecule has 1 aliphatic rings. The molecule has 18 heavy (non-hydrogen) atoms. The van der Waals surface area contributed by atoms with E-state index in [4.69, 9.17) is 14.7 Å². The number of imidazole rings is 1. The van der Waals surface area contributed by atoms with Crippen LogP contribution < -0.4 is 9.47 Å². The lowest BCUT2D eigenvalue weighted by molar-refractivity contribution is 0.174. The molecule has 3 rings (SSSR count). The van der Waals surface area contributed by atoms with Crippen molar-refractivity contribution in [2.75, 3.05) is 6.79 Å². The third-order valence-corrected chi connectivity index (χ3v) is 2.82. The number of hydrogen-bond acceptors (Lipinski definition) is 4. The number of hydrogen-bond donors (Lipinski definition) is 0. The maximum absolute atomic E-state index is 8.68. The van der Waals surface area contributed by atoms with E-state index < -0.39 is 0 Å². The molecule has 0 amide bonds. The van der Waals surface area contributed by atoms with Gasteiger partial charge in [-0.2, -0.15) is 5.26 Å². The van der Waals surface area contributed by atoms with Crippen molar-refractivity contribution in [3.8, 4) is 29.0 Å². The molecule has 0 radical (unpaired) electrons. The molecule has 0 saturated heterocycles. The lowest BCUT2D eigenvalue weighted by atomic mass is 10.2. The standard InChI is InChI=1S/C13H11N3O2/c1-16-7-10(4-5-14)15-13(16)9-2-3-11-12(6-9)18-8-17-11/h2-3,6-7H,4,8H2,1H3. The van der Waals surface area contributed by atoms with E-state index in [1.165, 1.54) is 0 Å². The van der Waals surface area contributed by atoms with Crippen molar-refractivity contribution in [1.29, 1.82) is 5.26 Å². The highest BCUT2D eigenvalue weighted by Gasteiger charge is 2.16. The van der Waals surface area contributed by atoms with Crippen LogP contribution in [0.15, 0.2) is 24.4 Å². The predicted molar refractivity (Wildman–Crippen MR) is 64.1 cm³/mol. The molecular weight excluding hydrogens is 230 g/mol. The number of ether oxygens (including phenoxy) is 2. The minimum absolute atomic E-state index is 0.263. The lowest BCUT2D eigenvalue weighted by Gasteiger charge is -2.02. The van der Waals surface area contributed by atoms with Crippen molar-refractivity contribution in [3.63, 3.8) is 0 Å². The van der Waals surface area contributed by atoms with E-state index in [-0.39, 0.29) is 6.79 Å². The topological polar surface area (TPSA) is 60.1 Å². The summed E-state index contributed by atoms with van der Waals surface area (Å²) in [5, 5.41) is 8.68. The molecule has 0 aliphatic carbocycles. The van der Waals surface area contributed by atoms with Crippen molar-refractivity contribution >= 4 is 0 Å². The van der Waals surface area contributed by atoms with Crippen LogP contribution in [0.3, 0.4) is 0 Å². The first-order valence-corrected chi connectivity index (χ1v) is 5.57. The molecule has 0 N–H and O–H groups in total. The first-order valence-electron chi connectivity index (χ1n) is 5.57. The minimum atomic E-state index is 0.263. The summed E-state index contributed by atoms with van der Waals surface area (Å²) < 4.78 is 12.5. The molecule has 0 saturated carbocycles. The van der Waals surface area contributed by atoms with Crippen molar-refractivity contribution in [2.45, 2.75) is 6.42 Å². The zero-order valence-corrected chi connectivity index (χ0v) is 9.88. The van der Waals surface area contributed by atoms with Gasteiger partial charge in [0, 0.05) is 18.8 Å². The average molecular weight is 241 g/mol.